The molecule has 0 fully saturated rings. The van der Waals surface area contributed by atoms with Gasteiger partial charge in [-0.2, -0.15) is 0 Å². The second-order valence-corrected chi connectivity index (χ2v) is 8.10. The molecule has 0 spiro atoms. The molecule has 0 aliphatic carbocycles. The molecule has 9 heteroatoms. The van der Waals surface area contributed by atoms with E-state index >= 15 is 0 Å². The molecule has 3 rings (SSSR count). The van der Waals surface area contributed by atoms with Gasteiger partial charge in [0.1, 0.15) is 5.82 Å². The number of H-pyrrole nitrogens is 1. The normalized spacial score (nSPS) is 14.4. The van der Waals surface area contributed by atoms with Gasteiger partial charge in [0.05, 0.1) is 17.2 Å². The lowest BCUT2D eigenvalue weighted by molar-refractivity contribution is -0.134. The van der Waals surface area contributed by atoms with Crippen molar-refractivity contribution in [1.82, 2.24) is 15.2 Å². The van der Waals surface area contributed by atoms with Crippen molar-refractivity contribution in [2.75, 3.05) is 18.9 Å². The summed E-state index contributed by atoms with van der Waals surface area (Å²) in [6, 6.07) is 3.50. The largest absolute Gasteiger partial charge is 0.361 e. The molecule has 3 amide bonds. The van der Waals surface area contributed by atoms with E-state index in [2.05, 4.69) is 22.2 Å². The van der Waals surface area contributed by atoms with Crippen LogP contribution >= 0.6 is 0 Å². The highest BCUT2D eigenvalue weighted by Crippen LogP contribution is 2.34. The van der Waals surface area contributed by atoms with E-state index in [1.165, 1.54) is 23.1 Å². The number of aromatic amines is 1. The highest BCUT2D eigenvalue weighted by atomic mass is 19.1. The predicted molar refractivity (Wildman–Crippen MR) is 127 cm³/mol. The second-order valence-electron chi connectivity index (χ2n) is 8.10. The van der Waals surface area contributed by atoms with Gasteiger partial charge in [-0.15, -0.1) is 0 Å². The number of nitrogens with one attached hydrogen (secondary N) is 3. The molecule has 0 bridgehead atoms. The van der Waals surface area contributed by atoms with Crippen LogP contribution in [0.25, 0.3) is 11.6 Å². The first-order valence-electron chi connectivity index (χ1n) is 10.8. The molecule has 1 aliphatic rings. The monoisotopic (exact) mass is 466 g/mol. The number of aromatic nitrogens is 1. The lowest BCUT2D eigenvalue weighted by Gasteiger charge is -2.22. The molecule has 1 aromatic heterocycles. The number of carbonyl (C=O) groups excluding carboxylic acids is 4. The van der Waals surface area contributed by atoms with Crippen LogP contribution in [0.15, 0.2) is 37.1 Å². The van der Waals surface area contributed by atoms with Gasteiger partial charge in [-0.3, -0.25) is 19.2 Å². The standard InChI is InChI=1S/C25H27FN4O4/c1-5-23(32)30(4)15(3)22(31)7-6-10-27-24(33)19-13-28-21(14(19)2)12-18-17-11-16(26)8-9-20(17)29-25(18)34/h5,8-9,11-13,15,28H,1,6-7,10H2,2-4H3,(H,27,33)(H,29,34)/b18-12-/t15-/m0/s1. The molecule has 8 nitrogen and oxygen atoms in total. The van der Waals surface area contributed by atoms with E-state index in [1.807, 2.05) is 0 Å². The summed E-state index contributed by atoms with van der Waals surface area (Å²) in [6.45, 7) is 7.09. The van der Waals surface area contributed by atoms with Crippen molar-refractivity contribution in [2.24, 2.45) is 0 Å². The molecule has 0 radical (unpaired) electrons. The minimum atomic E-state index is -0.574. The number of Topliss-reactive ketones (excluding diaryl/α,β-unsaturated/α-hetero) is 1. The van der Waals surface area contributed by atoms with E-state index < -0.39 is 11.9 Å². The van der Waals surface area contributed by atoms with Crippen molar-refractivity contribution in [1.29, 1.82) is 0 Å². The zero-order valence-electron chi connectivity index (χ0n) is 19.3. The number of hydrogen-bond acceptors (Lipinski definition) is 4. The lowest BCUT2D eigenvalue weighted by atomic mass is 10.0. The first-order valence-corrected chi connectivity index (χ1v) is 10.8. The lowest BCUT2D eigenvalue weighted by Crippen LogP contribution is -2.39. The molecule has 178 valence electrons. The molecule has 3 N–H and O–H groups in total. The van der Waals surface area contributed by atoms with Crippen molar-refractivity contribution in [2.45, 2.75) is 32.7 Å². The van der Waals surface area contributed by atoms with Crippen LogP contribution in [0.5, 0.6) is 0 Å². The fourth-order valence-electron chi connectivity index (χ4n) is 3.66. The van der Waals surface area contributed by atoms with Crippen LogP contribution in [0.4, 0.5) is 10.1 Å². The van der Waals surface area contributed by atoms with Gasteiger partial charge in [-0.1, -0.05) is 6.58 Å². The van der Waals surface area contributed by atoms with Crippen LogP contribution in [-0.2, 0) is 14.4 Å². The predicted octanol–water partition coefficient (Wildman–Crippen LogP) is 3.07. The number of hydrogen-bond donors (Lipinski definition) is 3. The van der Waals surface area contributed by atoms with Gasteiger partial charge in [0.2, 0.25) is 5.91 Å². The van der Waals surface area contributed by atoms with E-state index in [9.17, 15) is 23.6 Å². The zero-order chi connectivity index (χ0) is 25.0. The maximum Gasteiger partial charge on any atom is 0.256 e. The summed E-state index contributed by atoms with van der Waals surface area (Å²) in [5.74, 6) is -1.55. The first kappa shape index (κ1) is 24.6. The Labute approximate surface area is 196 Å². The smallest absolute Gasteiger partial charge is 0.256 e. The van der Waals surface area contributed by atoms with Crippen LogP contribution < -0.4 is 10.6 Å². The Morgan fingerprint density at radius 3 is 2.74 bits per heavy atom. The first-order chi connectivity index (χ1) is 16.1. The van der Waals surface area contributed by atoms with Crippen molar-refractivity contribution in [3.05, 3.63) is 65.3 Å². The van der Waals surface area contributed by atoms with Gasteiger partial charge in [-0.05, 0) is 56.2 Å². The number of anilines is 1. The number of amides is 3. The number of nitrogens with zero attached hydrogens (tertiary/aromatic N) is 1. The fourth-order valence-corrected chi connectivity index (χ4v) is 3.66. The van der Waals surface area contributed by atoms with Crippen molar-refractivity contribution in [3.63, 3.8) is 0 Å². The molecular formula is C25H27FN4O4. The molecule has 2 heterocycles. The topological polar surface area (TPSA) is 111 Å². The summed E-state index contributed by atoms with van der Waals surface area (Å²) in [6.07, 6.45) is 4.93. The SMILES string of the molecule is C=CC(=O)N(C)[C@@H](C)C(=O)CCCNC(=O)c1c[nH]c(/C=C2\C(=O)Nc3ccc(F)cc32)c1C. The number of fused-ring (bicyclic) bond motifs is 1. The highest BCUT2D eigenvalue weighted by molar-refractivity contribution is 6.34. The quantitative estimate of drug-likeness (QED) is 0.390. The van der Waals surface area contributed by atoms with E-state index in [4.69, 9.17) is 0 Å². The molecular weight excluding hydrogens is 439 g/mol. The number of benzene rings is 1. The maximum absolute atomic E-state index is 13.7. The van der Waals surface area contributed by atoms with E-state index in [0.717, 1.165) is 6.08 Å². The summed E-state index contributed by atoms with van der Waals surface area (Å²) in [7, 11) is 1.54. The van der Waals surface area contributed by atoms with E-state index in [-0.39, 0.29) is 36.5 Å². The molecule has 1 aromatic carbocycles. The van der Waals surface area contributed by atoms with Gasteiger partial charge in [0, 0.05) is 43.2 Å². The third-order valence-corrected chi connectivity index (χ3v) is 5.93. The van der Waals surface area contributed by atoms with Crippen LogP contribution in [0.1, 0.15) is 46.9 Å². The average Bonchev–Trinajstić information content (AvgIpc) is 3.34. The van der Waals surface area contributed by atoms with Gasteiger partial charge in [0.25, 0.3) is 11.8 Å². The minimum absolute atomic E-state index is 0.106. The molecule has 0 saturated carbocycles. The van der Waals surface area contributed by atoms with Crippen LogP contribution in [0.3, 0.4) is 0 Å². The summed E-state index contributed by atoms with van der Waals surface area (Å²) >= 11 is 0. The molecule has 1 aliphatic heterocycles. The fraction of sp³-hybridized carbons (Fsp3) is 0.280. The average molecular weight is 467 g/mol. The Balaban J connectivity index is 1.60. The van der Waals surface area contributed by atoms with Crippen LogP contribution in [-0.4, -0.2) is 53.0 Å². The van der Waals surface area contributed by atoms with Crippen LogP contribution in [0.2, 0.25) is 0 Å². The van der Waals surface area contributed by atoms with Crippen molar-refractivity contribution >= 4 is 40.8 Å². The minimum Gasteiger partial charge on any atom is -0.361 e. The number of ketones is 1. The molecule has 0 saturated heterocycles. The Morgan fingerprint density at radius 2 is 2.03 bits per heavy atom. The summed E-state index contributed by atoms with van der Waals surface area (Å²) in [5, 5.41) is 5.47. The second kappa shape index (κ2) is 10.3. The van der Waals surface area contributed by atoms with E-state index in [0.29, 0.717) is 40.1 Å². The molecule has 1 atom stereocenters. The maximum atomic E-state index is 13.7. The Kier molecular flexibility index (Phi) is 7.45. The molecule has 34 heavy (non-hydrogen) atoms. The number of likely N-dealkylation sites (N-methyl/N-ethyl adjacent to an activating group) is 1. The number of halogens is 1. The summed E-state index contributed by atoms with van der Waals surface area (Å²) < 4.78 is 13.7. The Hall–Kier alpha value is -4.01. The van der Waals surface area contributed by atoms with Crippen LogP contribution in [0, 0.1) is 12.7 Å². The van der Waals surface area contributed by atoms with Gasteiger partial charge in [0.15, 0.2) is 5.78 Å². The number of rotatable bonds is 9. The highest BCUT2D eigenvalue weighted by Gasteiger charge is 2.25. The van der Waals surface area contributed by atoms with Gasteiger partial charge in [-0.25, -0.2) is 4.39 Å². The van der Waals surface area contributed by atoms with Gasteiger partial charge < -0.3 is 20.5 Å². The molecule has 2 aromatic rings. The van der Waals surface area contributed by atoms with Gasteiger partial charge >= 0.3 is 0 Å². The number of carbonyl (C=O) groups is 4. The Bertz CT molecular complexity index is 1200. The third-order valence-electron chi connectivity index (χ3n) is 5.93. The summed E-state index contributed by atoms with van der Waals surface area (Å²) in [5.41, 5.74) is 2.90. The molecule has 0 unspecified atom stereocenters. The zero-order valence-corrected chi connectivity index (χ0v) is 19.3. The van der Waals surface area contributed by atoms with Crippen molar-refractivity contribution < 1.29 is 23.6 Å². The third kappa shape index (κ3) is 5.14. The Morgan fingerprint density at radius 1 is 1.29 bits per heavy atom. The summed E-state index contributed by atoms with van der Waals surface area (Å²) in [4.78, 5) is 53.1. The van der Waals surface area contributed by atoms with E-state index in [1.54, 1.807) is 33.2 Å². The van der Waals surface area contributed by atoms with Crippen molar-refractivity contribution in [3.8, 4) is 0 Å².